The molecule has 0 saturated carbocycles. The number of aromatic amines is 2. The summed E-state index contributed by atoms with van der Waals surface area (Å²) < 4.78 is 0. The van der Waals surface area contributed by atoms with E-state index >= 15 is 0 Å². The molecule has 1 aliphatic carbocycles. The van der Waals surface area contributed by atoms with E-state index in [-0.39, 0.29) is 35.7 Å². The van der Waals surface area contributed by atoms with Crippen molar-refractivity contribution in [3.8, 4) is 21.0 Å². The van der Waals surface area contributed by atoms with Crippen LogP contribution in [0.4, 0.5) is 0 Å². The van der Waals surface area contributed by atoms with Crippen molar-refractivity contribution < 1.29 is 20.0 Å². The molecule has 2 aliphatic heterocycles. The van der Waals surface area contributed by atoms with Crippen LogP contribution in [-0.4, -0.2) is 77.1 Å². The summed E-state index contributed by atoms with van der Waals surface area (Å²) in [5, 5.41) is 19.2. The fourth-order valence-corrected chi connectivity index (χ4v) is 8.81. The van der Waals surface area contributed by atoms with Gasteiger partial charge in [0.25, 0.3) is 0 Å². The van der Waals surface area contributed by atoms with Crippen molar-refractivity contribution in [1.82, 2.24) is 40.7 Å². The minimum atomic E-state index is -0.641. The number of benzene rings is 1. The van der Waals surface area contributed by atoms with E-state index in [1.165, 1.54) is 21.6 Å². The number of carbonyl (C=O) groups excluding carboxylic acids is 2. The lowest BCUT2D eigenvalue weighted by Gasteiger charge is -2.29. The summed E-state index contributed by atoms with van der Waals surface area (Å²) in [5.41, 5.74) is 11.3. The van der Waals surface area contributed by atoms with Crippen LogP contribution in [-0.2, 0) is 28.9 Å². The van der Waals surface area contributed by atoms with E-state index < -0.39 is 12.1 Å². The van der Waals surface area contributed by atoms with Gasteiger partial charge in [-0.05, 0) is 79.2 Å². The van der Waals surface area contributed by atoms with Gasteiger partial charge in [0.1, 0.15) is 23.7 Å². The summed E-state index contributed by atoms with van der Waals surface area (Å²) in [7, 11) is 0. The third-order valence-corrected chi connectivity index (χ3v) is 11.9. The van der Waals surface area contributed by atoms with Crippen LogP contribution in [0.5, 0.6) is 0 Å². The maximum atomic E-state index is 13.3. The summed E-state index contributed by atoms with van der Waals surface area (Å²) >= 11 is 1.72. The number of likely N-dealkylation sites (tertiary alicyclic amines) is 2. The van der Waals surface area contributed by atoms with Crippen LogP contribution in [0.1, 0.15) is 99.6 Å². The number of imidazole rings is 2. The molecular formula is C37H48N8O4S. The van der Waals surface area contributed by atoms with Crippen LogP contribution in [0.3, 0.4) is 0 Å². The highest BCUT2D eigenvalue weighted by Crippen LogP contribution is 2.38. The SMILES string of the molecule is CC(C)[C@H](NO)C(=O)N1CCC[C@H]1c1ncc(-c2ccc(-c3ccc4c(c3)CCc3nc([C@@H]5CCCN5C(=O)[C@@H](NO)C(C)C)[nH]c3C4)s2)[nH]1. The minimum Gasteiger partial charge on any atom is -0.344 e. The molecule has 4 atom stereocenters. The number of nitrogens with zero attached hydrogens (tertiary/aromatic N) is 4. The lowest BCUT2D eigenvalue weighted by atomic mass is 9.99. The predicted octanol–water partition coefficient (Wildman–Crippen LogP) is 5.55. The van der Waals surface area contributed by atoms with E-state index in [9.17, 15) is 20.0 Å². The van der Waals surface area contributed by atoms with E-state index in [0.29, 0.717) is 13.1 Å². The molecule has 3 aromatic heterocycles. The Labute approximate surface area is 296 Å². The zero-order valence-electron chi connectivity index (χ0n) is 29.2. The van der Waals surface area contributed by atoms with Crippen LogP contribution in [0.15, 0.2) is 36.5 Å². The number of hydroxylamine groups is 2. The first-order valence-corrected chi connectivity index (χ1v) is 18.7. The maximum Gasteiger partial charge on any atom is 0.242 e. The Balaban J connectivity index is 1.05. The molecule has 6 N–H and O–H groups in total. The van der Waals surface area contributed by atoms with Gasteiger partial charge in [0.05, 0.1) is 34.5 Å². The quantitative estimate of drug-likeness (QED) is 0.117. The Kier molecular flexibility index (Phi) is 9.95. The average molecular weight is 701 g/mol. The molecule has 0 radical (unpaired) electrons. The first-order chi connectivity index (χ1) is 24.2. The number of aromatic nitrogens is 4. The summed E-state index contributed by atoms with van der Waals surface area (Å²) in [6, 6.07) is 9.51. The van der Waals surface area contributed by atoms with Crippen molar-refractivity contribution in [2.75, 3.05) is 13.1 Å². The maximum absolute atomic E-state index is 13.3. The Bertz CT molecular complexity index is 1850. The number of fused-ring (bicyclic) bond motifs is 2. The fourth-order valence-electron chi connectivity index (χ4n) is 7.84. The van der Waals surface area contributed by atoms with Gasteiger partial charge in [-0.1, -0.05) is 45.9 Å². The number of nitrogens with one attached hydrogen (secondary N) is 4. The van der Waals surface area contributed by atoms with Crippen LogP contribution >= 0.6 is 11.3 Å². The van der Waals surface area contributed by atoms with Gasteiger partial charge in [0.15, 0.2) is 0 Å². The van der Waals surface area contributed by atoms with E-state index in [0.717, 1.165) is 78.6 Å². The summed E-state index contributed by atoms with van der Waals surface area (Å²) in [6.07, 6.45) is 7.85. The van der Waals surface area contributed by atoms with Gasteiger partial charge in [-0.25, -0.2) is 9.97 Å². The van der Waals surface area contributed by atoms with Crippen LogP contribution in [0.2, 0.25) is 0 Å². The van der Waals surface area contributed by atoms with E-state index in [1.54, 1.807) is 11.3 Å². The van der Waals surface area contributed by atoms with Crippen molar-refractivity contribution in [2.45, 2.75) is 96.8 Å². The highest BCUT2D eigenvalue weighted by atomic mass is 32.1. The molecule has 2 amide bonds. The Morgan fingerprint density at radius 3 is 2.12 bits per heavy atom. The molecule has 0 spiro atoms. The van der Waals surface area contributed by atoms with Crippen molar-refractivity contribution in [1.29, 1.82) is 0 Å². The molecule has 2 saturated heterocycles. The second kappa shape index (κ2) is 14.4. The molecule has 0 bridgehead atoms. The first kappa shape index (κ1) is 34.6. The molecule has 5 heterocycles. The predicted molar refractivity (Wildman–Crippen MR) is 191 cm³/mol. The number of thiophene rings is 1. The van der Waals surface area contributed by atoms with E-state index in [1.807, 2.05) is 43.7 Å². The molecule has 3 aliphatic rings. The standard InChI is InChI=1S/C37H48N8O4S/c1-20(2)32(42-48)36(46)44-15-5-7-28(44)34-38-19-27(41-34)31-14-13-30(50-31)24-10-9-23-18-26-25(12-11-22(23)17-24)39-35(40-26)29-8-6-16-45(29)37(47)33(43-49)21(3)4/h9-10,13-14,17,19-21,28-29,32-33,42-43,48-49H,5-8,11-12,15-16,18H2,1-4H3,(H,38,41)(H,39,40)/t28-,29-,32-,33-/m0/s1. The summed E-state index contributed by atoms with van der Waals surface area (Å²) in [6.45, 7) is 9.01. The third kappa shape index (κ3) is 6.53. The second-order valence-corrected chi connectivity index (χ2v) is 15.7. The lowest BCUT2D eigenvalue weighted by molar-refractivity contribution is -0.139. The monoisotopic (exact) mass is 700 g/mol. The zero-order chi connectivity index (χ0) is 35.1. The van der Waals surface area contributed by atoms with Gasteiger partial charge >= 0.3 is 0 Å². The van der Waals surface area contributed by atoms with Crippen molar-refractivity contribution in [2.24, 2.45) is 11.8 Å². The highest BCUT2D eigenvalue weighted by molar-refractivity contribution is 7.18. The second-order valence-electron chi connectivity index (χ2n) is 14.6. The molecule has 13 heteroatoms. The normalized spacial score (nSPS) is 20.3. The molecule has 2 fully saturated rings. The number of hydrogen-bond donors (Lipinski definition) is 6. The van der Waals surface area contributed by atoms with E-state index in [2.05, 4.69) is 51.3 Å². The number of amides is 2. The molecule has 50 heavy (non-hydrogen) atoms. The molecule has 12 nitrogen and oxygen atoms in total. The van der Waals surface area contributed by atoms with Gasteiger partial charge in [0.2, 0.25) is 11.8 Å². The Hall–Kier alpha value is -3.88. The van der Waals surface area contributed by atoms with Crippen molar-refractivity contribution in [3.63, 3.8) is 0 Å². The summed E-state index contributed by atoms with van der Waals surface area (Å²) in [5.74, 6) is 1.39. The van der Waals surface area contributed by atoms with Crippen molar-refractivity contribution >= 4 is 23.2 Å². The Morgan fingerprint density at radius 2 is 1.48 bits per heavy atom. The smallest absolute Gasteiger partial charge is 0.242 e. The van der Waals surface area contributed by atoms with E-state index in [4.69, 9.17) is 9.97 Å². The Morgan fingerprint density at radius 1 is 0.840 bits per heavy atom. The molecule has 1 aromatic carbocycles. The zero-order valence-corrected chi connectivity index (χ0v) is 30.0. The van der Waals surface area contributed by atoms with Gasteiger partial charge in [-0.2, -0.15) is 11.0 Å². The molecule has 266 valence electrons. The molecular weight excluding hydrogens is 653 g/mol. The number of rotatable bonds is 10. The molecule has 4 aromatic rings. The minimum absolute atomic E-state index is 0.0250. The van der Waals surface area contributed by atoms with Gasteiger partial charge in [-0.15, -0.1) is 11.3 Å². The number of hydrogen-bond acceptors (Lipinski definition) is 9. The van der Waals surface area contributed by atoms with Gasteiger partial charge < -0.3 is 30.2 Å². The van der Waals surface area contributed by atoms with Gasteiger partial charge in [0, 0.05) is 30.1 Å². The fraction of sp³-hybridized carbons (Fsp3) is 0.514. The topological polar surface area (TPSA) is 162 Å². The summed E-state index contributed by atoms with van der Waals surface area (Å²) in [4.78, 5) is 49.3. The lowest BCUT2D eigenvalue weighted by Crippen LogP contribution is -2.48. The number of aryl methyl sites for hydroxylation is 2. The number of carbonyl (C=O) groups is 2. The third-order valence-electron chi connectivity index (χ3n) is 10.7. The average Bonchev–Trinajstić information content (AvgIpc) is 3.93. The first-order valence-electron chi connectivity index (χ1n) is 17.9. The number of H-pyrrole nitrogens is 2. The highest BCUT2D eigenvalue weighted by Gasteiger charge is 2.38. The van der Waals surface area contributed by atoms with Crippen LogP contribution in [0.25, 0.3) is 21.0 Å². The molecule has 7 rings (SSSR count). The van der Waals surface area contributed by atoms with Crippen LogP contribution in [0, 0.1) is 11.8 Å². The van der Waals surface area contributed by atoms with Crippen LogP contribution < -0.4 is 11.0 Å². The largest absolute Gasteiger partial charge is 0.344 e. The van der Waals surface area contributed by atoms with Gasteiger partial charge in [-0.3, -0.25) is 9.59 Å². The molecule has 0 unspecified atom stereocenters. The van der Waals surface area contributed by atoms with Crippen molar-refractivity contribution in [3.05, 3.63) is 70.7 Å².